The van der Waals surface area contributed by atoms with Crippen LogP contribution in [0.1, 0.15) is 0 Å². The van der Waals surface area contributed by atoms with E-state index in [-0.39, 0.29) is 23.6 Å². The lowest BCUT2D eigenvalue weighted by Gasteiger charge is -2.08. The fourth-order valence-electron chi connectivity index (χ4n) is 2.94. The van der Waals surface area contributed by atoms with Gasteiger partial charge in [0.15, 0.2) is 0 Å². The number of amides is 1. The second-order valence-corrected chi connectivity index (χ2v) is 7.22. The zero-order valence-electron chi connectivity index (χ0n) is 15.2. The summed E-state index contributed by atoms with van der Waals surface area (Å²) in [5.74, 6) is -0.859. The highest BCUT2D eigenvalue weighted by molar-refractivity contribution is 7.17. The molecule has 10 heteroatoms. The third kappa shape index (κ3) is 3.80. The number of hydrogen-bond acceptors (Lipinski definition) is 6. The molecule has 0 atom stereocenters. The van der Waals surface area contributed by atoms with Gasteiger partial charge in [0, 0.05) is 28.8 Å². The number of nitrogens with zero attached hydrogens (tertiary/aromatic N) is 3. The highest BCUT2D eigenvalue weighted by atomic mass is 32.1. The Balaban J connectivity index is 1.60. The summed E-state index contributed by atoms with van der Waals surface area (Å²) < 4.78 is 14.4. The molecule has 2 aromatic carbocycles. The van der Waals surface area contributed by atoms with E-state index >= 15 is 0 Å². The first-order chi connectivity index (χ1) is 14.4. The van der Waals surface area contributed by atoms with Crippen LogP contribution in [0.4, 0.5) is 15.8 Å². The predicted octanol–water partition coefficient (Wildman–Crippen LogP) is 3.81. The first kappa shape index (κ1) is 19.4. The Morgan fingerprint density at radius 3 is 2.53 bits per heavy atom. The number of nitro benzene ring substituents is 1. The van der Waals surface area contributed by atoms with Gasteiger partial charge in [-0.25, -0.2) is 9.37 Å². The van der Waals surface area contributed by atoms with Gasteiger partial charge in [-0.1, -0.05) is 12.1 Å². The Hall–Kier alpha value is -3.92. The number of hydrogen-bond donors (Lipinski definition) is 1. The van der Waals surface area contributed by atoms with E-state index in [0.29, 0.717) is 27.0 Å². The van der Waals surface area contributed by atoms with Crippen LogP contribution < -0.4 is 10.9 Å². The fraction of sp³-hybridized carbons (Fsp3) is 0.0500. The second kappa shape index (κ2) is 7.84. The second-order valence-electron chi connectivity index (χ2n) is 6.37. The Bertz CT molecular complexity index is 1310. The van der Waals surface area contributed by atoms with Crippen LogP contribution >= 0.6 is 11.3 Å². The molecule has 0 aliphatic heterocycles. The van der Waals surface area contributed by atoms with Gasteiger partial charge >= 0.3 is 0 Å². The van der Waals surface area contributed by atoms with Crippen LogP contribution in [0.5, 0.6) is 0 Å². The zero-order chi connectivity index (χ0) is 21.3. The van der Waals surface area contributed by atoms with E-state index < -0.39 is 10.8 Å². The van der Waals surface area contributed by atoms with Crippen LogP contribution in [0, 0.1) is 15.9 Å². The molecule has 150 valence electrons. The van der Waals surface area contributed by atoms with Gasteiger partial charge in [-0.05, 0) is 29.8 Å². The molecule has 2 aromatic heterocycles. The molecule has 0 unspecified atom stereocenters. The quantitative estimate of drug-likeness (QED) is 0.387. The van der Waals surface area contributed by atoms with Gasteiger partial charge in [0.2, 0.25) is 5.91 Å². The van der Waals surface area contributed by atoms with Crippen molar-refractivity contribution >= 4 is 38.8 Å². The molecule has 0 radical (unpaired) electrons. The molecule has 4 rings (SSSR count). The van der Waals surface area contributed by atoms with Crippen molar-refractivity contribution in [3.63, 3.8) is 0 Å². The lowest BCUT2D eigenvalue weighted by atomic mass is 10.1. The molecule has 8 nitrogen and oxygen atoms in total. The molecule has 2 heterocycles. The molecule has 0 aliphatic rings. The zero-order valence-corrected chi connectivity index (χ0v) is 16.1. The maximum atomic E-state index is 13.2. The van der Waals surface area contributed by atoms with Crippen LogP contribution in [0.15, 0.2) is 65.0 Å². The largest absolute Gasteiger partial charge is 0.325 e. The van der Waals surface area contributed by atoms with E-state index in [0.717, 1.165) is 0 Å². The number of carbonyl (C=O) groups excluding carboxylic acids is 1. The molecule has 1 N–H and O–H groups in total. The van der Waals surface area contributed by atoms with Gasteiger partial charge in [0.1, 0.15) is 17.2 Å². The summed E-state index contributed by atoms with van der Waals surface area (Å²) in [6.07, 6.45) is 1.30. The standard InChI is InChI=1S/C20H13FN4O4S/c21-13-3-1-12(2-4-13)16-10-30-19-18(16)20(27)24(11-22-19)9-17(26)23-14-5-7-15(8-6-14)25(28)29/h1-8,10-11H,9H2,(H,23,26). The van der Waals surface area contributed by atoms with Crippen LogP contribution in [-0.2, 0) is 11.3 Å². The minimum Gasteiger partial charge on any atom is -0.325 e. The molecule has 4 aromatic rings. The lowest BCUT2D eigenvalue weighted by Crippen LogP contribution is -2.27. The summed E-state index contributed by atoms with van der Waals surface area (Å²) in [6.45, 7) is -0.280. The van der Waals surface area contributed by atoms with E-state index in [9.17, 15) is 24.1 Å². The van der Waals surface area contributed by atoms with E-state index in [1.54, 1.807) is 17.5 Å². The van der Waals surface area contributed by atoms with Crippen LogP contribution in [0.3, 0.4) is 0 Å². The lowest BCUT2D eigenvalue weighted by molar-refractivity contribution is -0.384. The van der Waals surface area contributed by atoms with Crippen molar-refractivity contribution in [2.24, 2.45) is 0 Å². The molecule has 30 heavy (non-hydrogen) atoms. The molecular formula is C20H13FN4O4S. The molecule has 0 aliphatic carbocycles. The van der Waals surface area contributed by atoms with Gasteiger partial charge in [-0.15, -0.1) is 11.3 Å². The summed E-state index contributed by atoms with van der Waals surface area (Å²) in [4.78, 5) is 40.2. The maximum Gasteiger partial charge on any atom is 0.269 e. The first-order valence-corrected chi connectivity index (χ1v) is 9.57. The molecule has 0 saturated heterocycles. The average molecular weight is 424 g/mol. The summed E-state index contributed by atoms with van der Waals surface area (Å²) in [6, 6.07) is 11.1. The number of aromatic nitrogens is 2. The smallest absolute Gasteiger partial charge is 0.269 e. The number of halogens is 1. The number of rotatable bonds is 5. The molecular weight excluding hydrogens is 411 g/mol. The van der Waals surface area contributed by atoms with Gasteiger partial charge in [0.25, 0.3) is 11.2 Å². The highest BCUT2D eigenvalue weighted by Crippen LogP contribution is 2.30. The van der Waals surface area contributed by atoms with Gasteiger partial charge in [-0.2, -0.15) is 0 Å². The van der Waals surface area contributed by atoms with Crippen LogP contribution in [0.2, 0.25) is 0 Å². The number of anilines is 1. The van der Waals surface area contributed by atoms with E-state index in [1.807, 2.05) is 0 Å². The SMILES string of the molecule is O=C(Cn1cnc2scc(-c3ccc(F)cc3)c2c1=O)Nc1ccc([N+](=O)[O-])cc1. The van der Waals surface area contributed by atoms with E-state index in [2.05, 4.69) is 10.3 Å². The minimum atomic E-state index is -0.536. The van der Waals surface area contributed by atoms with Crippen molar-refractivity contribution in [1.29, 1.82) is 0 Å². The molecule has 0 spiro atoms. The highest BCUT2D eigenvalue weighted by Gasteiger charge is 2.15. The number of benzene rings is 2. The van der Waals surface area contributed by atoms with E-state index in [1.165, 1.54) is 58.6 Å². The number of nitro groups is 1. The number of non-ortho nitro benzene ring substituents is 1. The molecule has 0 saturated carbocycles. The van der Waals surface area contributed by atoms with Crippen molar-refractivity contribution in [3.05, 3.63) is 86.5 Å². The number of fused-ring (bicyclic) bond motifs is 1. The fourth-order valence-corrected chi connectivity index (χ4v) is 3.85. The molecule has 0 bridgehead atoms. The monoisotopic (exact) mass is 424 g/mol. The van der Waals surface area contributed by atoms with Crippen molar-refractivity contribution in [2.75, 3.05) is 5.32 Å². The van der Waals surface area contributed by atoms with Gasteiger partial charge in [-0.3, -0.25) is 24.3 Å². The Kier molecular flexibility index (Phi) is 5.07. The van der Waals surface area contributed by atoms with Crippen molar-refractivity contribution in [3.8, 4) is 11.1 Å². The minimum absolute atomic E-state index is 0.0929. The maximum absolute atomic E-state index is 13.2. The third-order valence-corrected chi connectivity index (χ3v) is 5.28. The van der Waals surface area contributed by atoms with Gasteiger partial charge < -0.3 is 5.32 Å². The number of carbonyl (C=O) groups is 1. The summed E-state index contributed by atoms with van der Waals surface area (Å²) in [5.41, 5.74) is 1.19. The van der Waals surface area contributed by atoms with Crippen LogP contribution in [0.25, 0.3) is 21.3 Å². The first-order valence-electron chi connectivity index (χ1n) is 8.69. The summed E-state index contributed by atoms with van der Waals surface area (Å²) in [7, 11) is 0. The predicted molar refractivity (Wildman–Crippen MR) is 111 cm³/mol. The average Bonchev–Trinajstić information content (AvgIpc) is 3.16. The van der Waals surface area contributed by atoms with Gasteiger partial charge in [0.05, 0.1) is 16.6 Å². The third-order valence-electron chi connectivity index (χ3n) is 4.39. The summed E-state index contributed by atoms with van der Waals surface area (Å²) in [5, 5.41) is 15.4. The van der Waals surface area contributed by atoms with E-state index in [4.69, 9.17) is 0 Å². The van der Waals surface area contributed by atoms with Crippen LogP contribution in [-0.4, -0.2) is 20.4 Å². The Morgan fingerprint density at radius 1 is 1.17 bits per heavy atom. The summed E-state index contributed by atoms with van der Waals surface area (Å²) >= 11 is 1.29. The Morgan fingerprint density at radius 2 is 1.87 bits per heavy atom. The van der Waals surface area contributed by atoms with Crippen molar-refractivity contribution in [2.45, 2.75) is 6.54 Å². The number of thiophene rings is 1. The molecule has 1 amide bonds. The van der Waals surface area contributed by atoms with Crippen molar-refractivity contribution in [1.82, 2.24) is 9.55 Å². The molecule has 0 fully saturated rings. The van der Waals surface area contributed by atoms with Crippen molar-refractivity contribution < 1.29 is 14.1 Å². The Labute approximate surface area is 172 Å². The topological polar surface area (TPSA) is 107 Å². The number of nitrogens with one attached hydrogen (secondary N) is 1. The normalized spacial score (nSPS) is 10.8.